The molecule has 6 nitrogen and oxygen atoms in total. The summed E-state index contributed by atoms with van der Waals surface area (Å²) in [6.07, 6.45) is 5.72. The molecule has 0 saturated heterocycles. The molecular weight excluding hydrogens is 364 g/mol. The van der Waals surface area contributed by atoms with Crippen molar-refractivity contribution in [3.8, 4) is 6.07 Å². The minimum absolute atomic E-state index is 0.181. The van der Waals surface area contributed by atoms with Gasteiger partial charge >= 0.3 is 5.97 Å². The lowest BCUT2D eigenvalue weighted by atomic mass is 9.47. The Balaban J connectivity index is 1.35. The molecular formula is C20H24N2O4S. The van der Waals surface area contributed by atoms with Gasteiger partial charge in [0.2, 0.25) is 0 Å². The molecule has 4 bridgehead atoms. The molecule has 1 aromatic rings. The Morgan fingerprint density at radius 1 is 1.41 bits per heavy atom. The van der Waals surface area contributed by atoms with Gasteiger partial charge in [-0.3, -0.25) is 9.59 Å². The van der Waals surface area contributed by atoms with Crippen LogP contribution in [-0.4, -0.2) is 34.1 Å². The number of aliphatic hydroxyl groups is 1. The van der Waals surface area contributed by atoms with Crippen molar-refractivity contribution >= 4 is 23.1 Å². The van der Waals surface area contributed by atoms with Gasteiger partial charge in [0.05, 0.1) is 18.1 Å². The highest BCUT2D eigenvalue weighted by atomic mass is 32.1. The number of aryl methyl sites for hydroxylation is 1. The Hall–Kier alpha value is -1.78. The number of hydrogen-bond acceptors (Lipinski definition) is 7. The van der Waals surface area contributed by atoms with Crippen LogP contribution in [0.15, 0.2) is 5.38 Å². The predicted molar refractivity (Wildman–Crippen MR) is 97.9 cm³/mol. The Labute approximate surface area is 162 Å². The minimum Gasteiger partial charge on any atom is -0.458 e. The average molecular weight is 388 g/mol. The van der Waals surface area contributed by atoms with Gasteiger partial charge in [-0.15, -0.1) is 11.3 Å². The van der Waals surface area contributed by atoms with Gasteiger partial charge in [0.25, 0.3) is 0 Å². The number of rotatable bonds is 6. The third-order valence-electron chi connectivity index (χ3n) is 6.38. The topological polar surface area (TPSA) is 100 Å². The standard InChI is InChI=1S/C20H24N2O4S/c1-12-10-27-18(22-12)15(8-21)16(23)9-26-17(24)7-19-3-13-2-14(4-19)6-20(25,5-13)11-19/h10,13-15,25H,2-7,9,11H2,1H3/t13-,14+,15-,19?,20?/m0/s1. The molecule has 0 spiro atoms. The van der Waals surface area contributed by atoms with Crippen LogP contribution in [-0.2, 0) is 14.3 Å². The van der Waals surface area contributed by atoms with E-state index >= 15 is 0 Å². The molecule has 1 heterocycles. The second-order valence-electron chi connectivity index (χ2n) is 8.88. The van der Waals surface area contributed by atoms with Gasteiger partial charge in [0.1, 0.15) is 5.01 Å². The van der Waals surface area contributed by atoms with Crippen molar-refractivity contribution in [3.05, 3.63) is 16.1 Å². The molecule has 0 aliphatic heterocycles. The van der Waals surface area contributed by atoms with Gasteiger partial charge in [-0.25, -0.2) is 4.98 Å². The first kappa shape index (κ1) is 18.6. The van der Waals surface area contributed by atoms with Crippen molar-refractivity contribution in [1.29, 1.82) is 5.26 Å². The molecule has 27 heavy (non-hydrogen) atoms. The summed E-state index contributed by atoms with van der Waals surface area (Å²) in [5.74, 6) is -0.828. The molecule has 4 fully saturated rings. The van der Waals surface area contributed by atoms with Crippen LogP contribution in [0.2, 0.25) is 0 Å². The van der Waals surface area contributed by atoms with Crippen molar-refractivity contribution in [2.75, 3.05) is 6.61 Å². The van der Waals surface area contributed by atoms with Gasteiger partial charge in [-0.05, 0) is 62.7 Å². The molecule has 5 rings (SSSR count). The number of thiazole rings is 1. The average Bonchev–Trinajstić information content (AvgIpc) is 2.97. The fraction of sp³-hybridized carbons (Fsp3) is 0.700. The van der Waals surface area contributed by atoms with Crippen LogP contribution in [0.3, 0.4) is 0 Å². The van der Waals surface area contributed by atoms with E-state index in [-0.39, 0.29) is 11.8 Å². The molecule has 1 N–H and O–H groups in total. The number of esters is 1. The molecule has 4 saturated carbocycles. The normalized spacial score (nSPS) is 34.9. The lowest BCUT2D eigenvalue weighted by Gasteiger charge is -2.60. The van der Waals surface area contributed by atoms with E-state index in [9.17, 15) is 20.0 Å². The minimum atomic E-state index is -0.989. The summed E-state index contributed by atoms with van der Waals surface area (Å²) in [5, 5.41) is 22.3. The number of ether oxygens (including phenoxy) is 1. The van der Waals surface area contributed by atoms with Gasteiger partial charge < -0.3 is 9.84 Å². The lowest BCUT2D eigenvalue weighted by Crippen LogP contribution is -2.56. The van der Waals surface area contributed by atoms with Crippen LogP contribution in [0, 0.1) is 35.5 Å². The van der Waals surface area contributed by atoms with E-state index in [1.165, 1.54) is 11.3 Å². The van der Waals surface area contributed by atoms with Crippen molar-refractivity contribution in [2.24, 2.45) is 17.3 Å². The van der Waals surface area contributed by atoms with Crippen LogP contribution in [0.25, 0.3) is 0 Å². The molecule has 4 aliphatic carbocycles. The molecule has 7 heteroatoms. The van der Waals surface area contributed by atoms with E-state index in [0.29, 0.717) is 23.3 Å². The monoisotopic (exact) mass is 388 g/mol. The fourth-order valence-corrected chi connectivity index (χ4v) is 6.83. The van der Waals surface area contributed by atoms with Crippen LogP contribution < -0.4 is 0 Å². The zero-order chi connectivity index (χ0) is 19.2. The van der Waals surface area contributed by atoms with Gasteiger partial charge in [0, 0.05) is 11.1 Å². The van der Waals surface area contributed by atoms with Crippen LogP contribution in [0.1, 0.15) is 61.6 Å². The number of Topliss-reactive ketones (excluding diaryl/α,β-unsaturated/α-hetero) is 1. The van der Waals surface area contributed by atoms with Gasteiger partial charge in [-0.1, -0.05) is 0 Å². The zero-order valence-corrected chi connectivity index (χ0v) is 16.3. The molecule has 0 radical (unpaired) electrons. The first-order valence-corrected chi connectivity index (χ1v) is 10.4. The highest BCUT2D eigenvalue weighted by Crippen LogP contribution is 2.62. The summed E-state index contributed by atoms with van der Waals surface area (Å²) >= 11 is 1.27. The van der Waals surface area contributed by atoms with Gasteiger partial charge in [-0.2, -0.15) is 5.26 Å². The summed E-state index contributed by atoms with van der Waals surface area (Å²) in [6.45, 7) is 1.40. The lowest BCUT2D eigenvalue weighted by molar-refractivity contribution is -0.177. The van der Waals surface area contributed by atoms with Crippen molar-refractivity contribution < 1.29 is 19.4 Å². The molecule has 5 atom stereocenters. The van der Waals surface area contributed by atoms with Gasteiger partial charge in [0.15, 0.2) is 18.3 Å². The molecule has 0 aromatic carbocycles. The maximum absolute atomic E-state index is 12.4. The van der Waals surface area contributed by atoms with E-state index < -0.39 is 29.9 Å². The molecule has 2 unspecified atom stereocenters. The molecule has 1 aromatic heterocycles. The van der Waals surface area contributed by atoms with E-state index in [1.807, 2.05) is 6.07 Å². The number of carbonyl (C=O) groups is 2. The van der Waals surface area contributed by atoms with Crippen LogP contribution in [0.4, 0.5) is 0 Å². The van der Waals surface area contributed by atoms with E-state index in [2.05, 4.69) is 4.98 Å². The maximum atomic E-state index is 12.4. The van der Waals surface area contributed by atoms with Crippen LogP contribution in [0.5, 0.6) is 0 Å². The fourth-order valence-electron chi connectivity index (χ4n) is 5.97. The Morgan fingerprint density at radius 3 is 2.67 bits per heavy atom. The van der Waals surface area contributed by atoms with E-state index in [1.54, 1.807) is 12.3 Å². The van der Waals surface area contributed by atoms with Crippen molar-refractivity contribution in [3.63, 3.8) is 0 Å². The Morgan fingerprint density at radius 2 is 2.11 bits per heavy atom. The van der Waals surface area contributed by atoms with Crippen LogP contribution >= 0.6 is 11.3 Å². The maximum Gasteiger partial charge on any atom is 0.306 e. The third kappa shape index (κ3) is 3.65. The van der Waals surface area contributed by atoms with Crippen molar-refractivity contribution in [2.45, 2.75) is 63.4 Å². The molecule has 144 valence electrons. The molecule has 0 amide bonds. The number of carbonyl (C=O) groups excluding carboxylic acids is 2. The molecule has 4 aliphatic rings. The Bertz CT molecular complexity index is 797. The highest BCUT2D eigenvalue weighted by Gasteiger charge is 2.57. The largest absolute Gasteiger partial charge is 0.458 e. The summed E-state index contributed by atoms with van der Waals surface area (Å²) in [4.78, 5) is 29.0. The number of hydrogen-bond donors (Lipinski definition) is 1. The zero-order valence-electron chi connectivity index (χ0n) is 15.4. The summed E-state index contributed by atoms with van der Waals surface area (Å²) < 4.78 is 5.24. The smallest absolute Gasteiger partial charge is 0.306 e. The second kappa shape index (κ2) is 6.68. The Kier molecular flexibility index (Phi) is 4.59. The third-order valence-corrected chi connectivity index (χ3v) is 7.41. The SMILES string of the molecule is Cc1csc([C@@H](C#N)C(=O)COC(=O)CC23C[C@@H]4C[C@@H](CC(O)(C4)C2)C3)n1. The van der Waals surface area contributed by atoms with E-state index in [0.717, 1.165) is 37.8 Å². The second-order valence-corrected chi connectivity index (χ2v) is 9.77. The summed E-state index contributed by atoms with van der Waals surface area (Å²) in [7, 11) is 0. The number of nitrogens with zero attached hydrogens (tertiary/aromatic N) is 2. The predicted octanol–water partition coefficient (Wildman–Crippen LogP) is 2.89. The number of nitriles is 1. The summed E-state index contributed by atoms with van der Waals surface area (Å²) in [5.41, 5.74) is -0.0331. The quantitative estimate of drug-likeness (QED) is 0.752. The number of aromatic nitrogens is 1. The van der Waals surface area contributed by atoms with E-state index in [4.69, 9.17) is 4.74 Å². The number of ketones is 1. The summed E-state index contributed by atoms with van der Waals surface area (Å²) in [6, 6.07) is 1.96. The van der Waals surface area contributed by atoms with Crippen molar-refractivity contribution in [1.82, 2.24) is 4.98 Å². The highest BCUT2D eigenvalue weighted by molar-refractivity contribution is 7.09. The first-order chi connectivity index (χ1) is 12.8. The first-order valence-electron chi connectivity index (χ1n) is 9.52.